The number of anilines is 1. The molecule has 1 unspecified atom stereocenters. The van der Waals surface area contributed by atoms with E-state index in [0.29, 0.717) is 17.5 Å². The molecule has 94 valence electrons. The van der Waals surface area contributed by atoms with E-state index in [4.69, 9.17) is 0 Å². The maximum atomic E-state index is 13.5. The average Bonchev–Trinajstić information content (AvgIpc) is 2.29. The van der Waals surface area contributed by atoms with Crippen molar-refractivity contribution in [2.75, 3.05) is 25.0 Å². The molecule has 2 nitrogen and oxygen atoms in total. The largest absolute Gasteiger partial charge is 0.382 e. The summed E-state index contributed by atoms with van der Waals surface area (Å²) >= 11 is 0. The van der Waals surface area contributed by atoms with E-state index in [9.17, 15) is 4.39 Å². The zero-order valence-electron chi connectivity index (χ0n) is 10.6. The molecule has 1 atom stereocenters. The van der Waals surface area contributed by atoms with Gasteiger partial charge >= 0.3 is 0 Å². The summed E-state index contributed by atoms with van der Waals surface area (Å²) < 4.78 is 13.5. The third-order valence-electron chi connectivity index (χ3n) is 3.16. The maximum absolute atomic E-state index is 13.5. The van der Waals surface area contributed by atoms with Gasteiger partial charge in [-0.05, 0) is 43.0 Å². The molecule has 3 heteroatoms. The Balaban J connectivity index is 1.90. The predicted molar refractivity (Wildman–Crippen MR) is 69.8 cm³/mol. The van der Waals surface area contributed by atoms with Crippen LogP contribution in [0.15, 0.2) is 18.2 Å². The lowest BCUT2D eigenvalue weighted by Crippen LogP contribution is -2.34. The molecule has 1 aromatic rings. The minimum Gasteiger partial charge on any atom is -0.382 e. The third-order valence-corrected chi connectivity index (χ3v) is 3.16. The van der Waals surface area contributed by atoms with Crippen molar-refractivity contribution in [1.29, 1.82) is 0 Å². The number of nitrogens with one attached hydrogen (secondary N) is 2. The Morgan fingerprint density at radius 1 is 1.47 bits per heavy atom. The van der Waals surface area contributed by atoms with E-state index in [-0.39, 0.29) is 5.82 Å². The first-order valence-corrected chi connectivity index (χ1v) is 6.38. The van der Waals surface area contributed by atoms with Crippen LogP contribution in [-0.4, -0.2) is 19.6 Å². The zero-order valence-corrected chi connectivity index (χ0v) is 10.6. The number of rotatable bonds is 4. The standard InChI is InChI=1S/C14H21FN2/c1-10(2)7-16-8-11-6-12-4-3-5-13(15)14(12)17-9-11/h3-5,10-11,16-17H,6-9H2,1-2H3. The Morgan fingerprint density at radius 2 is 2.29 bits per heavy atom. The van der Waals surface area contributed by atoms with Crippen molar-refractivity contribution in [3.8, 4) is 0 Å². The lowest BCUT2D eigenvalue weighted by molar-refractivity contribution is 0.453. The van der Waals surface area contributed by atoms with Gasteiger partial charge in [-0.2, -0.15) is 0 Å². The van der Waals surface area contributed by atoms with E-state index in [1.54, 1.807) is 6.07 Å². The van der Waals surface area contributed by atoms with Gasteiger partial charge < -0.3 is 10.6 Å². The van der Waals surface area contributed by atoms with Gasteiger partial charge in [0.1, 0.15) is 5.82 Å². The monoisotopic (exact) mass is 236 g/mol. The Bertz CT molecular complexity index is 376. The van der Waals surface area contributed by atoms with Crippen molar-refractivity contribution < 1.29 is 4.39 Å². The Morgan fingerprint density at radius 3 is 3.06 bits per heavy atom. The Kier molecular flexibility index (Phi) is 4.00. The minimum atomic E-state index is -0.129. The summed E-state index contributed by atoms with van der Waals surface area (Å²) in [7, 11) is 0. The van der Waals surface area contributed by atoms with Crippen LogP contribution in [0.3, 0.4) is 0 Å². The fourth-order valence-electron chi connectivity index (χ4n) is 2.29. The fraction of sp³-hybridized carbons (Fsp3) is 0.571. The predicted octanol–water partition coefficient (Wildman–Crippen LogP) is 2.66. The summed E-state index contributed by atoms with van der Waals surface area (Å²) in [5, 5.41) is 6.67. The van der Waals surface area contributed by atoms with Crippen LogP contribution in [0.2, 0.25) is 0 Å². The molecule has 0 radical (unpaired) electrons. The molecule has 1 aliphatic heterocycles. The van der Waals surface area contributed by atoms with Gasteiger partial charge in [-0.15, -0.1) is 0 Å². The molecule has 0 aromatic heterocycles. The van der Waals surface area contributed by atoms with Crippen LogP contribution in [0.1, 0.15) is 19.4 Å². The second kappa shape index (κ2) is 5.50. The first-order valence-electron chi connectivity index (χ1n) is 6.38. The third kappa shape index (κ3) is 3.19. The molecule has 0 amide bonds. The number of halogens is 1. The molecule has 1 aliphatic rings. The van der Waals surface area contributed by atoms with E-state index in [1.807, 2.05) is 6.07 Å². The van der Waals surface area contributed by atoms with Gasteiger partial charge in [-0.3, -0.25) is 0 Å². The van der Waals surface area contributed by atoms with Gasteiger partial charge in [-0.1, -0.05) is 26.0 Å². The van der Waals surface area contributed by atoms with E-state index < -0.39 is 0 Å². The topological polar surface area (TPSA) is 24.1 Å². The van der Waals surface area contributed by atoms with Crippen LogP contribution < -0.4 is 10.6 Å². The summed E-state index contributed by atoms with van der Waals surface area (Å²) in [6, 6.07) is 5.32. The number of fused-ring (bicyclic) bond motifs is 1. The molecule has 0 aliphatic carbocycles. The highest BCUT2D eigenvalue weighted by molar-refractivity contribution is 5.54. The van der Waals surface area contributed by atoms with Gasteiger partial charge in [0.15, 0.2) is 0 Å². The summed E-state index contributed by atoms with van der Waals surface area (Å²) in [6.45, 7) is 7.32. The van der Waals surface area contributed by atoms with Crippen LogP contribution >= 0.6 is 0 Å². The average molecular weight is 236 g/mol. The van der Waals surface area contributed by atoms with Crippen LogP contribution in [-0.2, 0) is 6.42 Å². The van der Waals surface area contributed by atoms with Crippen molar-refractivity contribution >= 4 is 5.69 Å². The van der Waals surface area contributed by atoms with Crippen LogP contribution in [0.4, 0.5) is 10.1 Å². The maximum Gasteiger partial charge on any atom is 0.146 e. The number of hydrogen-bond acceptors (Lipinski definition) is 2. The molecule has 2 N–H and O–H groups in total. The Hall–Kier alpha value is -1.09. The molecule has 0 spiro atoms. The van der Waals surface area contributed by atoms with E-state index in [1.165, 1.54) is 6.07 Å². The molecule has 2 rings (SSSR count). The molecule has 17 heavy (non-hydrogen) atoms. The lowest BCUT2D eigenvalue weighted by atomic mass is 9.93. The van der Waals surface area contributed by atoms with Crippen LogP contribution in [0.25, 0.3) is 0 Å². The first-order chi connectivity index (χ1) is 8.16. The lowest BCUT2D eigenvalue weighted by Gasteiger charge is -2.27. The molecule has 0 saturated heterocycles. The van der Waals surface area contributed by atoms with Crippen molar-refractivity contribution in [2.45, 2.75) is 20.3 Å². The second-order valence-electron chi connectivity index (χ2n) is 5.28. The van der Waals surface area contributed by atoms with Gasteiger partial charge in [0, 0.05) is 6.54 Å². The summed E-state index contributed by atoms with van der Waals surface area (Å²) in [5.74, 6) is 1.11. The smallest absolute Gasteiger partial charge is 0.146 e. The SMILES string of the molecule is CC(C)CNCC1CNc2c(F)cccc2C1. The summed E-state index contributed by atoms with van der Waals surface area (Å²) in [4.78, 5) is 0. The quantitative estimate of drug-likeness (QED) is 0.840. The molecular weight excluding hydrogens is 215 g/mol. The number of hydrogen-bond donors (Lipinski definition) is 2. The van der Waals surface area contributed by atoms with E-state index in [0.717, 1.165) is 31.6 Å². The van der Waals surface area contributed by atoms with Crippen molar-refractivity contribution in [1.82, 2.24) is 5.32 Å². The number of para-hydroxylation sites is 1. The highest BCUT2D eigenvalue weighted by Crippen LogP contribution is 2.26. The molecular formula is C14H21FN2. The Labute approximate surface area is 103 Å². The van der Waals surface area contributed by atoms with Gasteiger partial charge in [-0.25, -0.2) is 4.39 Å². The van der Waals surface area contributed by atoms with E-state index >= 15 is 0 Å². The van der Waals surface area contributed by atoms with Gasteiger partial charge in [0.2, 0.25) is 0 Å². The fourth-order valence-corrected chi connectivity index (χ4v) is 2.29. The van der Waals surface area contributed by atoms with Crippen molar-refractivity contribution in [2.24, 2.45) is 11.8 Å². The zero-order chi connectivity index (χ0) is 12.3. The van der Waals surface area contributed by atoms with E-state index in [2.05, 4.69) is 24.5 Å². The number of benzene rings is 1. The second-order valence-corrected chi connectivity index (χ2v) is 5.28. The first kappa shape index (κ1) is 12.4. The minimum absolute atomic E-state index is 0.129. The molecule has 1 heterocycles. The molecule has 1 aromatic carbocycles. The van der Waals surface area contributed by atoms with Gasteiger partial charge in [0.25, 0.3) is 0 Å². The normalized spacial score (nSPS) is 18.9. The van der Waals surface area contributed by atoms with Crippen LogP contribution in [0, 0.1) is 17.7 Å². The van der Waals surface area contributed by atoms with Crippen LogP contribution in [0.5, 0.6) is 0 Å². The van der Waals surface area contributed by atoms with Crippen molar-refractivity contribution in [3.63, 3.8) is 0 Å². The highest BCUT2D eigenvalue weighted by atomic mass is 19.1. The molecule has 0 fully saturated rings. The summed E-state index contributed by atoms with van der Waals surface area (Å²) in [5.41, 5.74) is 1.81. The molecule has 0 bridgehead atoms. The van der Waals surface area contributed by atoms with Crippen molar-refractivity contribution in [3.05, 3.63) is 29.6 Å². The summed E-state index contributed by atoms with van der Waals surface area (Å²) in [6.07, 6.45) is 0.963. The van der Waals surface area contributed by atoms with Gasteiger partial charge in [0.05, 0.1) is 5.69 Å². The highest BCUT2D eigenvalue weighted by Gasteiger charge is 2.19. The molecule has 0 saturated carbocycles.